The van der Waals surface area contributed by atoms with Gasteiger partial charge >= 0.3 is 17.9 Å². The maximum atomic E-state index is 12.9. The lowest BCUT2D eigenvalue weighted by Crippen LogP contribution is -2.30. The van der Waals surface area contributed by atoms with Crippen LogP contribution in [0.3, 0.4) is 0 Å². The molecule has 0 saturated heterocycles. The zero-order valence-electron chi connectivity index (χ0n) is 48.7. The Morgan fingerprint density at radius 3 is 0.736 bits per heavy atom. The summed E-state index contributed by atoms with van der Waals surface area (Å²) in [6.45, 7) is 6.66. The molecule has 1 atom stereocenters. The van der Waals surface area contributed by atoms with Crippen molar-refractivity contribution in [2.24, 2.45) is 0 Å². The molecule has 0 aliphatic heterocycles. The molecule has 0 heterocycles. The second-order valence-electron chi connectivity index (χ2n) is 22.0. The third-order valence-electron chi connectivity index (χ3n) is 14.7. The van der Waals surface area contributed by atoms with Gasteiger partial charge in [-0.2, -0.15) is 0 Å². The van der Waals surface area contributed by atoms with Gasteiger partial charge in [0.15, 0.2) is 6.10 Å². The largest absolute Gasteiger partial charge is 0.462 e. The van der Waals surface area contributed by atoms with Gasteiger partial charge < -0.3 is 14.2 Å². The third-order valence-corrected chi connectivity index (χ3v) is 14.7. The molecule has 0 aromatic heterocycles. The van der Waals surface area contributed by atoms with Crippen LogP contribution >= 0.6 is 0 Å². The fraction of sp³-hybridized carbons (Fsp3) is 0.894. The predicted octanol–water partition coefficient (Wildman–Crippen LogP) is 21.8. The molecule has 1 unspecified atom stereocenters. The lowest BCUT2D eigenvalue weighted by molar-refractivity contribution is -0.167. The maximum Gasteiger partial charge on any atom is 0.306 e. The molecule has 72 heavy (non-hydrogen) atoms. The van der Waals surface area contributed by atoms with Gasteiger partial charge in [0.1, 0.15) is 13.2 Å². The number of allylic oxidation sites excluding steroid dienone is 4. The molecule has 0 bridgehead atoms. The van der Waals surface area contributed by atoms with Gasteiger partial charge in [0.05, 0.1) is 0 Å². The number of ether oxygens (including phenoxy) is 3. The molecule has 0 aromatic carbocycles. The van der Waals surface area contributed by atoms with Crippen LogP contribution in [0.2, 0.25) is 0 Å². The number of carbonyl (C=O) groups is 3. The predicted molar refractivity (Wildman–Crippen MR) is 312 cm³/mol. The Labute approximate surface area is 449 Å². The third kappa shape index (κ3) is 58.8. The molecule has 6 nitrogen and oxygen atoms in total. The second-order valence-corrected chi connectivity index (χ2v) is 22.0. The minimum Gasteiger partial charge on any atom is -0.462 e. The summed E-state index contributed by atoms with van der Waals surface area (Å²) in [4.78, 5) is 38.2. The number of unbranched alkanes of at least 4 members (excludes halogenated alkanes) is 45. The highest BCUT2D eigenvalue weighted by Gasteiger charge is 2.19. The van der Waals surface area contributed by atoms with E-state index < -0.39 is 6.10 Å². The van der Waals surface area contributed by atoms with Crippen molar-refractivity contribution >= 4 is 17.9 Å². The Morgan fingerprint density at radius 2 is 0.472 bits per heavy atom. The first-order chi connectivity index (χ1) is 35.5. The monoisotopic (exact) mass is 1010 g/mol. The number of carbonyl (C=O) groups excluding carboxylic acids is 3. The summed E-state index contributed by atoms with van der Waals surface area (Å²) in [5.41, 5.74) is 0. The fourth-order valence-corrected chi connectivity index (χ4v) is 9.78. The summed E-state index contributed by atoms with van der Waals surface area (Å²) in [5, 5.41) is 0. The Balaban J connectivity index is 4.22. The van der Waals surface area contributed by atoms with Crippen molar-refractivity contribution in [3.8, 4) is 0 Å². The molecule has 424 valence electrons. The molecule has 0 spiro atoms. The highest BCUT2D eigenvalue weighted by atomic mass is 16.6. The van der Waals surface area contributed by atoms with Crippen LogP contribution in [0.5, 0.6) is 0 Å². The zero-order chi connectivity index (χ0) is 52.2. The van der Waals surface area contributed by atoms with Crippen molar-refractivity contribution in [3.05, 3.63) is 24.3 Å². The maximum absolute atomic E-state index is 12.9. The minimum atomic E-state index is -0.771. The van der Waals surface area contributed by atoms with Gasteiger partial charge in [-0.1, -0.05) is 302 Å². The molecule has 0 radical (unpaired) electrons. The molecule has 0 rings (SSSR count). The Morgan fingerprint density at radius 1 is 0.264 bits per heavy atom. The lowest BCUT2D eigenvalue weighted by Gasteiger charge is -2.18. The minimum absolute atomic E-state index is 0.0694. The molecule has 0 fully saturated rings. The quantitative estimate of drug-likeness (QED) is 0.0261. The van der Waals surface area contributed by atoms with Crippen LogP contribution in [0.25, 0.3) is 0 Å². The van der Waals surface area contributed by atoms with E-state index in [-0.39, 0.29) is 31.1 Å². The van der Waals surface area contributed by atoms with E-state index in [2.05, 4.69) is 45.1 Å². The molecular formula is C66H124O6. The molecule has 0 amide bonds. The van der Waals surface area contributed by atoms with Crippen molar-refractivity contribution in [3.63, 3.8) is 0 Å². The van der Waals surface area contributed by atoms with Gasteiger partial charge in [0, 0.05) is 19.3 Å². The Kier molecular flexibility index (Phi) is 59.6. The second kappa shape index (κ2) is 61.4. The van der Waals surface area contributed by atoms with E-state index in [1.54, 1.807) is 0 Å². The SMILES string of the molecule is CCCC/C=C\CCCCCCCC(=O)OCC(COC(=O)CCCCCCCCCCCCC/C=C\CCCCCCCCCC)OC(=O)CCCCCCCCCCCCCCCCCCCCCC. The first-order valence-electron chi connectivity index (χ1n) is 32.3. The van der Waals surface area contributed by atoms with E-state index in [9.17, 15) is 14.4 Å². The van der Waals surface area contributed by atoms with Crippen molar-refractivity contribution < 1.29 is 28.6 Å². The molecule has 0 aliphatic rings. The van der Waals surface area contributed by atoms with Crippen LogP contribution < -0.4 is 0 Å². The summed E-state index contributed by atoms with van der Waals surface area (Å²) >= 11 is 0. The Hall–Kier alpha value is -2.11. The van der Waals surface area contributed by atoms with E-state index in [0.29, 0.717) is 19.3 Å². The summed E-state index contributed by atoms with van der Waals surface area (Å²) in [6, 6.07) is 0. The highest BCUT2D eigenvalue weighted by Crippen LogP contribution is 2.18. The number of esters is 3. The van der Waals surface area contributed by atoms with Crippen molar-refractivity contribution in [1.29, 1.82) is 0 Å². The first-order valence-corrected chi connectivity index (χ1v) is 32.3. The lowest BCUT2D eigenvalue weighted by atomic mass is 10.0. The number of hydrogen-bond donors (Lipinski definition) is 0. The molecule has 6 heteroatoms. The smallest absolute Gasteiger partial charge is 0.306 e. The van der Waals surface area contributed by atoms with E-state index >= 15 is 0 Å². The van der Waals surface area contributed by atoms with E-state index in [1.807, 2.05) is 0 Å². The van der Waals surface area contributed by atoms with Gasteiger partial charge in [0.2, 0.25) is 0 Å². The molecule has 0 aromatic rings. The zero-order valence-corrected chi connectivity index (χ0v) is 48.7. The van der Waals surface area contributed by atoms with E-state index in [1.165, 1.54) is 257 Å². The number of hydrogen-bond acceptors (Lipinski definition) is 6. The van der Waals surface area contributed by atoms with Crippen LogP contribution in [-0.2, 0) is 28.6 Å². The van der Waals surface area contributed by atoms with Crippen LogP contribution in [0.1, 0.15) is 361 Å². The average molecular weight is 1010 g/mol. The van der Waals surface area contributed by atoms with Crippen LogP contribution in [0.15, 0.2) is 24.3 Å². The van der Waals surface area contributed by atoms with Gasteiger partial charge in [0.25, 0.3) is 0 Å². The van der Waals surface area contributed by atoms with Gasteiger partial charge in [-0.05, 0) is 64.2 Å². The fourth-order valence-electron chi connectivity index (χ4n) is 9.78. The van der Waals surface area contributed by atoms with Crippen molar-refractivity contribution in [2.75, 3.05) is 13.2 Å². The normalized spacial score (nSPS) is 12.1. The van der Waals surface area contributed by atoms with Gasteiger partial charge in [-0.15, -0.1) is 0 Å². The molecule has 0 N–H and O–H groups in total. The van der Waals surface area contributed by atoms with Crippen LogP contribution in [-0.4, -0.2) is 37.2 Å². The van der Waals surface area contributed by atoms with Crippen molar-refractivity contribution in [1.82, 2.24) is 0 Å². The van der Waals surface area contributed by atoms with Crippen molar-refractivity contribution in [2.45, 2.75) is 367 Å². The number of rotatable bonds is 60. The summed E-state index contributed by atoms with van der Waals surface area (Å²) in [6.07, 6.45) is 73.4. The first kappa shape index (κ1) is 69.9. The van der Waals surface area contributed by atoms with E-state index in [0.717, 1.165) is 64.2 Å². The van der Waals surface area contributed by atoms with Gasteiger partial charge in [-0.25, -0.2) is 0 Å². The van der Waals surface area contributed by atoms with Gasteiger partial charge in [-0.3, -0.25) is 14.4 Å². The summed E-state index contributed by atoms with van der Waals surface area (Å²) in [7, 11) is 0. The van der Waals surface area contributed by atoms with E-state index in [4.69, 9.17) is 14.2 Å². The Bertz CT molecular complexity index is 1160. The molecule has 0 aliphatic carbocycles. The highest BCUT2D eigenvalue weighted by molar-refractivity contribution is 5.71. The van der Waals surface area contributed by atoms with Crippen LogP contribution in [0.4, 0.5) is 0 Å². The molecule has 0 saturated carbocycles. The summed E-state index contributed by atoms with van der Waals surface area (Å²) < 4.78 is 16.9. The van der Waals surface area contributed by atoms with Crippen LogP contribution in [0, 0.1) is 0 Å². The standard InChI is InChI=1S/C66H124O6/c1-4-7-10-13-16-19-22-24-26-28-30-32-33-34-36-37-39-41-44-47-50-53-56-59-65(68)71-62-63(61-70-64(67)58-55-52-49-46-43-21-18-15-12-9-6-3)72-66(69)60-57-54-51-48-45-42-40-38-35-31-29-27-25-23-20-17-14-11-8-5-2/h15,18,28,30,63H,4-14,16-17,19-27,29,31-62H2,1-3H3/b18-15-,30-28-. The topological polar surface area (TPSA) is 78.9 Å². The average Bonchev–Trinajstić information content (AvgIpc) is 3.38. The molecular weight excluding hydrogens is 889 g/mol. The summed E-state index contributed by atoms with van der Waals surface area (Å²) in [5.74, 6) is -0.855.